The second-order valence-corrected chi connectivity index (χ2v) is 3.84. The Hall–Kier alpha value is -1.69. The number of amides is 1. The second kappa shape index (κ2) is 6.15. The summed E-state index contributed by atoms with van der Waals surface area (Å²) < 4.78 is 5.00. The normalized spacial score (nSPS) is 12.0. The van der Waals surface area contributed by atoms with E-state index >= 15 is 0 Å². The Bertz CT molecular complexity index is 395. The number of carbonyl (C=O) groups is 1. The van der Waals surface area contributed by atoms with E-state index in [0.29, 0.717) is 18.8 Å². The van der Waals surface area contributed by atoms with Gasteiger partial charge in [0.15, 0.2) is 0 Å². The molecule has 0 aliphatic rings. The van der Waals surface area contributed by atoms with Crippen LogP contribution in [-0.2, 0) is 4.79 Å². The lowest BCUT2D eigenvalue weighted by Gasteiger charge is -2.10. The maximum atomic E-state index is 11.7. The molecule has 6 heteroatoms. The van der Waals surface area contributed by atoms with Gasteiger partial charge in [0.2, 0.25) is 17.7 Å². The van der Waals surface area contributed by atoms with Crippen LogP contribution < -0.4 is 15.8 Å². The Balaban J connectivity index is 2.74. The van der Waals surface area contributed by atoms with Crippen molar-refractivity contribution in [2.24, 2.45) is 11.7 Å². The van der Waals surface area contributed by atoms with Crippen molar-refractivity contribution >= 4 is 11.9 Å². The highest BCUT2D eigenvalue weighted by atomic mass is 16.5. The first-order chi connectivity index (χ1) is 8.06. The van der Waals surface area contributed by atoms with Gasteiger partial charge in [-0.3, -0.25) is 10.1 Å². The monoisotopic (exact) mass is 238 g/mol. The van der Waals surface area contributed by atoms with Crippen LogP contribution in [-0.4, -0.2) is 29.5 Å². The van der Waals surface area contributed by atoms with E-state index in [-0.39, 0.29) is 17.8 Å². The van der Waals surface area contributed by atoms with Crippen LogP contribution in [0.2, 0.25) is 0 Å². The number of methoxy groups -OCH3 is 1. The van der Waals surface area contributed by atoms with Crippen molar-refractivity contribution in [1.29, 1.82) is 0 Å². The van der Waals surface area contributed by atoms with Crippen LogP contribution in [0.25, 0.3) is 0 Å². The molecule has 0 fully saturated rings. The Morgan fingerprint density at radius 2 is 2.29 bits per heavy atom. The fourth-order valence-electron chi connectivity index (χ4n) is 1.31. The molecule has 0 saturated carbocycles. The van der Waals surface area contributed by atoms with E-state index in [1.807, 2.05) is 13.8 Å². The number of aryl methyl sites for hydroxylation is 1. The first kappa shape index (κ1) is 13.4. The summed E-state index contributed by atoms with van der Waals surface area (Å²) in [7, 11) is 1.52. The summed E-state index contributed by atoms with van der Waals surface area (Å²) in [4.78, 5) is 19.9. The molecule has 0 radical (unpaired) electrons. The standard InChI is InChI=1S/C11H18N4O2/c1-7(4-5-12)10(16)15-11-13-8(2)6-9(14-11)17-3/h6-7H,4-5,12H2,1-3H3,(H,13,14,15,16). The smallest absolute Gasteiger partial charge is 0.232 e. The summed E-state index contributed by atoms with van der Waals surface area (Å²) in [6.07, 6.45) is 0.634. The van der Waals surface area contributed by atoms with Gasteiger partial charge in [0.25, 0.3) is 0 Å². The first-order valence-electron chi connectivity index (χ1n) is 5.47. The summed E-state index contributed by atoms with van der Waals surface area (Å²) in [5.41, 5.74) is 6.13. The predicted octanol–water partition coefficient (Wildman–Crippen LogP) is 0.717. The third-order valence-corrected chi connectivity index (χ3v) is 2.32. The van der Waals surface area contributed by atoms with Crippen molar-refractivity contribution in [3.05, 3.63) is 11.8 Å². The van der Waals surface area contributed by atoms with Gasteiger partial charge in [-0.15, -0.1) is 0 Å². The number of ether oxygens (including phenoxy) is 1. The zero-order valence-corrected chi connectivity index (χ0v) is 10.4. The number of nitrogens with two attached hydrogens (primary N) is 1. The molecular formula is C11H18N4O2. The molecule has 1 unspecified atom stereocenters. The van der Waals surface area contributed by atoms with E-state index in [9.17, 15) is 4.79 Å². The van der Waals surface area contributed by atoms with Gasteiger partial charge in [-0.25, -0.2) is 4.98 Å². The minimum Gasteiger partial charge on any atom is -0.481 e. The number of hydrogen-bond acceptors (Lipinski definition) is 5. The summed E-state index contributed by atoms with van der Waals surface area (Å²) in [6.45, 7) is 4.10. The van der Waals surface area contributed by atoms with Gasteiger partial charge >= 0.3 is 0 Å². The van der Waals surface area contributed by atoms with Crippen LogP contribution in [0.5, 0.6) is 5.88 Å². The Morgan fingerprint density at radius 3 is 2.88 bits per heavy atom. The van der Waals surface area contributed by atoms with Crippen molar-refractivity contribution in [1.82, 2.24) is 9.97 Å². The SMILES string of the molecule is COc1cc(C)nc(NC(=O)C(C)CCN)n1. The zero-order chi connectivity index (χ0) is 12.8. The molecule has 3 N–H and O–H groups in total. The largest absolute Gasteiger partial charge is 0.481 e. The molecule has 1 aromatic heterocycles. The number of hydrogen-bond donors (Lipinski definition) is 2. The maximum Gasteiger partial charge on any atom is 0.232 e. The molecule has 1 atom stereocenters. The third kappa shape index (κ3) is 3.99. The van der Waals surface area contributed by atoms with Crippen LogP contribution in [0, 0.1) is 12.8 Å². The average molecular weight is 238 g/mol. The van der Waals surface area contributed by atoms with Crippen molar-refractivity contribution < 1.29 is 9.53 Å². The van der Waals surface area contributed by atoms with Crippen molar-refractivity contribution in [2.75, 3.05) is 19.0 Å². The van der Waals surface area contributed by atoms with E-state index in [1.165, 1.54) is 7.11 Å². The molecule has 94 valence electrons. The average Bonchev–Trinajstić information content (AvgIpc) is 2.28. The Labute approximate surface area is 101 Å². The van der Waals surface area contributed by atoms with Crippen LogP contribution in [0.3, 0.4) is 0 Å². The first-order valence-corrected chi connectivity index (χ1v) is 5.47. The molecular weight excluding hydrogens is 220 g/mol. The lowest BCUT2D eigenvalue weighted by atomic mass is 10.1. The van der Waals surface area contributed by atoms with E-state index < -0.39 is 0 Å². The molecule has 0 aliphatic heterocycles. The molecule has 0 saturated heterocycles. The van der Waals surface area contributed by atoms with Crippen LogP contribution in [0.1, 0.15) is 19.0 Å². The second-order valence-electron chi connectivity index (χ2n) is 3.84. The molecule has 1 heterocycles. The summed E-state index contributed by atoms with van der Waals surface area (Å²) in [5, 5.41) is 2.65. The van der Waals surface area contributed by atoms with Gasteiger partial charge < -0.3 is 10.5 Å². The van der Waals surface area contributed by atoms with Gasteiger partial charge in [0.05, 0.1) is 7.11 Å². The van der Waals surface area contributed by atoms with Crippen molar-refractivity contribution in [3.8, 4) is 5.88 Å². The van der Waals surface area contributed by atoms with Gasteiger partial charge in [-0.05, 0) is 19.9 Å². The fourth-order valence-corrected chi connectivity index (χ4v) is 1.31. The topological polar surface area (TPSA) is 90.1 Å². The predicted molar refractivity (Wildman–Crippen MR) is 64.8 cm³/mol. The number of nitrogens with one attached hydrogen (secondary N) is 1. The Morgan fingerprint density at radius 1 is 1.59 bits per heavy atom. The molecule has 6 nitrogen and oxygen atoms in total. The van der Waals surface area contributed by atoms with Crippen molar-refractivity contribution in [3.63, 3.8) is 0 Å². The Kier molecular flexibility index (Phi) is 4.84. The summed E-state index contributed by atoms with van der Waals surface area (Å²) in [6, 6.07) is 1.69. The highest BCUT2D eigenvalue weighted by molar-refractivity contribution is 5.90. The number of nitrogens with zero attached hydrogens (tertiary/aromatic N) is 2. The number of carbonyl (C=O) groups excluding carboxylic acids is 1. The van der Waals surface area contributed by atoms with Crippen LogP contribution in [0.4, 0.5) is 5.95 Å². The van der Waals surface area contributed by atoms with E-state index in [1.54, 1.807) is 6.07 Å². The molecule has 0 spiro atoms. The highest BCUT2D eigenvalue weighted by Gasteiger charge is 2.13. The van der Waals surface area contributed by atoms with E-state index in [0.717, 1.165) is 5.69 Å². The fraction of sp³-hybridized carbons (Fsp3) is 0.545. The van der Waals surface area contributed by atoms with Gasteiger partial charge in [-0.1, -0.05) is 6.92 Å². The van der Waals surface area contributed by atoms with Gasteiger partial charge in [0.1, 0.15) is 0 Å². The highest BCUT2D eigenvalue weighted by Crippen LogP contribution is 2.12. The molecule has 0 aliphatic carbocycles. The van der Waals surface area contributed by atoms with Gasteiger partial charge in [-0.2, -0.15) is 4.98 Å². The van der Waals surface area contributed by atoms with Crippen LogP contribution >= 0.6 is 0 Å². The minimum absolute atomic E-state index is 0.136. The molecule has 1 amide bonds. The number of rotatable bonds is 5. The summed E-state index contributed by atoms with van der Waals surface area (Å²) in [5.74, 6) is 0.396. The maximum absolute atomic E-state index is 11.7. The number of aromatic nitrogens is 2. The minimum atomic E-state index is -0.157. The molecule has 17 heavy (non-hydrogen) atoms. The quantitative estimate of drug-likeness (QED) is 0.788. The third-order valence-electron chi connectivity index (χ3n) is 2.32. The molecule has 1 rings (SSSR count). The van der Waals surface area contributed by atoms with E-state index in [4.69, 9.17) is 10.5 Å². The summed E-state index contributed by atoms with van der Waals surface area (Å²) >= 11 is 0. The lowest BCUT2D eigenvalue weighted by molar-refractivity contribution is -0.119. The van der Waals surface area contributed by atoms with E-state index in [2.05, 4.69) is 15.3 Å². The lowest BCUT2D eigenvalue weighted by Crippen LogP contribution is -2.24. The van der Waals surface area contributed by atoms with Crippen LogP contribution in [0.15, 0.2) is 6.07 Å². The van der Waals surface area contributed by atoms with Gasteiger partial charge in [0, 0.05) is 17.7 Å². The number of anilines is 1. The molecule has 1 aromatic rings. The molecule has 0 aromatic carbocycles. The zero-order valence-electron chi connectivity index (χ0n) is 10.4. The van der Waals surface area contributed by atoms with Crippen molar-refractivity contribution in [2.45, 2.75) is 20.3 Å². The molecule has 0 bridgehead atoms.